The number of amides is 1. The molecule has 1 N–H and O–H groups in total. The van der Waals surface area contributed by atoms with E-state index in [1.54, 1.807) is 0 Å². The van der Waals surface area contributed by atoms with E-state index in [2.05, 4.69) is 34.5 Å². The summed E-state index contributed by atoms with van der Waals surface area (Å²) in [5.41, 5.74) is 2.16. The van der Waals surface area contributed by atoms with E-state index in [0.717, 1.165) is 49.5 Å². The van der Waals surface area contributed by atoms with E-state index in [-0.39, 0.29) is 11.8 Å². The Balaban J connectivity index is 1.45. The summed E-state index contributed by atoms with van der Waals surface area (Å²) < 4.78 is 0. The van der Waals surface area contributed by atoms with E-state index >= 15 is 0 Å². The van der Waals surface area contributed by atoms with Crippen molar-refractivity contribution >= 4 is 5.91 Å². The average molecular weight is 348 g/mol. The molecule has 0 aromatic heterocycles. The van der Waals surface area contributed by atoms with E-state index in [4.69, 9.17) is 0 Å². The molecule has 3 heteroatoms. The Morgan fingerprint density at radius 3 is 1.92 bits per heavy atom. The first-order valence-corrected chi connectivity index (χ1v) is 9.93. The summed E-state index contributed by atoms with van der Waals surface area (Å²) in [5.74, 6) is 0.951. The van der Waals surface area contributed by atoms with Gasteiger partial charge >= 0.3 is 0 Å². The largest absolute Gasteiger partial charge is 0.342 e. The maximum Gasteiger partial charge on any atom is 0.234 e. The third-order valence-corrected chi connectivity index (χ3v) is 5.71. The number of rotatable bonds is 6. The van der Waals surface area contributed by atoms with Crippen LogP contribution in [0.2, 0.25) is 0 Å². The molecule has 0 bridgehead atoms. The Morgan fingerprint density at radius 2 is 1.42 bits per heavy atom. The Labute approximate surface area is 156 Å². The topological polar surface area (TPSA) is 32.3 Å². The van der Waals surface area contributed by atoms with Gasteiger partial charge < -0.3 is 10.2 Å². The summed E-state index contributed by atoms with van der Waals surface area (Å²) in [5, 5.41) is 3.70. The minimum absolute atomic E-state index is 0.201. The molecule has 0 spiro atoms. The fourth-order valence-corrected chi connectivity index (χ4v) is 3.91. The van der Waals surface area contributed by atoms with Crippen LogP contribution in [0.25, 0.3) is 0 Å². The van der Waals surface area contributed by atoms with Gasteiger partial charge in [0.25, 0.3) is 0 Å². The normalized spacial score (nSPS) is 18.3. The molecule has 26 heavy (non-hydrogen) atoms. The van der Waals surface area contributed by atoms with E-state index in [1.165, 1.54) is 12.8 Å². The standard InChI is InChI=1S/C23H28N2O/c26-23(25-15-13-21(14-16-25)24-17-18-11-12-18)22(19-7-3-1-4-8-19)20-9-5-2-6-10-20/h1-10,18,21-22,24H,11-17H2. The number of hydrogen-bond donors (Lipinski definition) is 1. The number of likely N-dealkylation sites (tertiary alicyclic amines) is 1. The molecule has 2 aromatic carbocycles. The van der Waals surface area contributed by atoms with Crippen molar-refractivity contribution < 1.29 is 4.79 Å². The first-order chi connectivity index (χ1) is 12.8. The van der Waals surface area contributed by atoms with Gasteiger partial charge in [0.2, 0.25) is 5.91 Å². The highest BCUT2D eigenvalue weighted by Crippen LogP contribution is 2.29. The number of hydrogen-bond acceptors (Lipinski definition) is 2. The van der Waals surface area contributed by atoms with Crippen LogP contribution in [0, 0.1) is 5.92 Å². The van der Waals surface area contributed by atoms with Crippen molar-refractivity contribution in [2.24, 2.45) is 5.92 Å². The Morgan fingerprint density at radius 1 is 0.885 bits per heavy atom. The lowest BCUT2D eigenvalue weighted by molar-refractivity contribution is -0.133. The second kappa shape index (κ2) is 8.05. The molecule has 2 aliphatic rings. The van der Waals surface area contributed by atoms with Crippen LogP contribution in [-0.2, 0) is 4.79 Å². The summed E-state index contributed by atoms with van der Waals surface area (Å²) in [6, 6.07) is 20.9. The number of carbonyl (C=O) groups is 1. The van der Waals surface area contributed by atoms with Crippen LogP contribution in [-0.4, -0.2) is 36.5 Å². The fraction of sp³-hybridized carbons (Fsp3) is 0.435. The molecule has 1 saturated heterocycles. The molecule has 1 amide bonds. The fourth-order valence-electron chi connectivity index (χ4n) is 3.91. The van der Waals surface area contributed by atoms with Crippen LogP contribution < -0.4 is 5.32 Å². The van der Waals surface area contributed by atoms with Crippen molar-refractivity contribution in [3.05, 3.63) is 71.8 Å². The Kier molecular flexibility index (Phi) is 5.35. The van der Waals surface area contributed by atoms with Gasteiger partial charge in [-0.3, -0.25) is 4.79 Å². The van der Waals surface area contributed by atoms with Gasteiger partial charge in [0.1, 0.15) is 0 Å². The lowest BCUT2D eigenvalue weighted by Crippen LogP contribution is -2.46. The molecule has 0 atom stereocenters. The minimum atomic E-state index is -0.201. The van der Waals surface area contributed by atoms with Crippen molar-refractivity contribution in [1.29, 1.82) is 0 Å². The predicted octanol–water partition coefficient (Wildman–Crippen LogP) is 3.81. The van der Waals surface area contributed by atoms with Gasteiger partial charge in [0, 0.05) is 19.1 Å². The zero-order valence-electron chi connectivity index (χ0n) is 15.3. The van der Waals surface area contributed by atoms with Crippen LogP contribution in [0.5, 0.6) is 0 Å². The summed E-state index contributed by atoms with van der Waals surface area (Å²) >= 11 is 0. The van der Waals surface area contributed by atoms with Gasteiger partial charge in [0.05, 0.1) is 5.92 Å². The van der Waals surface area contributed by atoms with Gasteiger partial charge in [-0.05, 0) is 49.3 Å². The Hall–Kier alpha value is -2.13. The Bertz CT molecular complexity index is 664. The molecule has 1 heterocycles. The molecular weight excluding hydrogens is 320 g/mol. The number of piperidine rings is 1. The number of nitrogens with one attached hydrogen (secondary N) is 1. The van der Waals surface area contributed by atoms with Crippen LogP contribution in [0.15, 0.2) is 60.7 Å². The molecule has 4 rings (SSSR count). The second-order valence-corrected chi connectivity index (χ2v) is 7.71. The predicted molar refractivity (Wildman–Crippen MR) is 105 cm³/mol. The number of benzene rings is 2. The van der Waals surface area contributed by atoms with Crippen molar-refractivity contribution in [2.75, 3.05) is 19.6 Å². The quantitative estimate of drug-likeness (QED) is 0.861. The molecule has 1 saturated carbocycles. The van der Waals surface area contributed by atoms with Gasteiger partial charge in [-0.25, -0.2) is 0 Å². The zero-order valence-corrected chi connectivity index (χ0v) is 15.3. The van der Waals surface area contributed by atoms with Crippen LogP contribution in [0.1, 0.15) is 42.7 Å². The second-order valence-electron chi connectivity index (χ2n) is 7.71. The monoisotopic (exact) mass is 348 g/mol. The van der Waals surface area contributed by atoms with Gasteiger partial charge in [-0.1, -0.05) is 60.7 Å². The third kappa shape index (κ3) is 4.16. The summed E-state index contributed by atoms with van der Waals surface area (Å²) in [7, 11) is 0. The molecule has 2 fully saturated rings. The summed E-state index contributed by atoms with van der Waals surface area (Å²) in [6.07, 6.45) is 4.91. The van der Waals surface area contributed by atoms with E-state index in [0.29, 0.717) is 6.04 Å². The molecule has 1 aliphatic carbocycles. The molecule has 1 aliphatic heterocycles. The van der Waals surface area contributed by atoms with E-state index in [1.807, 2.05) is 36.4 Å². The van der Waals surface area contributed by atoms with Crippen molar-refractivity contribution in [3.63, 3.8) is 0 Å². The molecule has 0 radical (unpaired) electrons. The first-order valence-electron chi connectivity index (χ1n) is 9.93. The van der Waals surface area contributed by atoms with Crippen molar-refractivity contribution in [1.82, 2.24) is 10.2 Å². The van der Waals surface area contributed by atoms with Gasteiger partial charge in [0.15, 0.2) is 0 Å². The highest BCUT2D eigenvalue weighted by atomic mass is 16.2. The highest BCUT2D eigenvalue weighted by Gasteiger charge is 2.31. The molecular formula is C23H28N2O. The summed E-state index contributed by atoms with van der Waals surface area (Å²) in [4.78, 5) is 15.5. The van der Waals surface area contributed by atoms with Crippen LogP contribution in [0.4, 0.5) is 0 Å². The van der Waals surface area contributed by atoms with Crippen molar-refractivity contribution in [3.8, 4) is 0 Å². The number of carbonyl (C=O) groups excluding carboxylic acids is 1. The molecule has 136 valence electrons. The molecule has 2 aromatic rings. The van der Waals surface area contributed by atoms with Crippen molar-refractivity contribution in [2.45, 2.75) is 37.6 Å². The van der Waals surface area contributed by atoms with Gasteiger partial charge in [-0.2, -0.15) is 0 Å². The minimum Gasteiger partial charge on any atom is -0.342 e. The maximum atomic E-state index is 13.4. The molecule has 0 unspecified atom stereocenters. The van der Waals surface area contributed by atoms with Gasteiger partial charge in [-0.15, -0.1) is 0 Å². The van der Waals surface area contributed by atoms with Crippen LogP contribution >= 0.6 is 0 Å². The zero-order chi connectivity index (χ0) is 17.8. The van der Waals surface area contributed by atoms with E-state index < -0.39 is 0 Å². The van der Waals surface area contributed by atoms with Crippen LogP contribution in [0.3, 0.4) is 0 Å². The smallest absolute Gasteiger partial charge is 0.234 e. The highest BCUT2D eigenvalue weighted by molar-refractivity contribution is 5.87. The SMILES string of the molecule is O=C(C(c1ccccc1)c1ccccc1)N1CCC(NCC2CC2)CC1. The average Bonchev–Trinajstić information content (AvgIpc) is 3.53. The first kappa shape index (κ1) is 17.3. The lowest BCUT2D eigenvalue weighted by Gasteiger charge is -2.35. The maximum absolute atomic E-state index is 13.4. The molecule has 3 nitrogen and oxygen atoms in total. The lowest BCUT2D eigenvalue weighted by atomic mass is 9.89. The summed E-state index contributed by atoms with van der Waals surface area (Å²) in [6.45, 7) is 2.88. The third-order valence-electron chi connectivity index (χ3n) is 5.71. The van der Waals surface area contributed by atoms with E-state index in [9.17, 15) is 4.79 Å². The number of nitrogens with zero attached hydrogens (tertiary/aromatic N) is 1.